The molecule has 0 aliphatic carbocycles. The number of aliphatic hydroxyl groups excluding tert-OH is 1. The molecule has 0 spiro atoms. The Bertz CT molecular complexity index is 448. The maximum Gasteiger partial charge on any atom is 0.211 e. The van der Waals surface area contributed by atoms with E-state index < -0.39 is 22.2 Å². The van der Waals surface area contributed by atoms with Gasteiger partial charge < -0.3 is 10.8 Å². The lowest BCUT2D eigenvalue weighted by Crippen LogP contribution is -2.44. The molecule has 0 amide bonds. The second-order valence-electron chi connectivity index (χ2n) is 4.17. The highest BCUT2D eigenvalue weighted by atomic mass is 32.2. The minimum Gasteiger partial charge on any atom is -0.390 e. The van der Waals surface area contributed by atoms with Crippen molar-refractivity contribution in [3.63, 3.8) is 0 Å². The van der Waals surface area contributed by atoms with E-state index in [-0.39, 0.29) is 12.3 Å². The summed E-state index contributed by atoms with van der Waals surface area (Å²) in [4.78, 5) is 0. The van der Waals surface area contributed by atoms with Crippen LogP contribution in [0.25, 0.3) is 0 Å². The second kappa shape index (κ2) is 6.84. The molecule has 4 N–H and O–H groups in total. The Labute approximate surface area is 108 Å². The zero-order valence-corrected chi connectivity index (χ0v) is 11.2. The summed E-state index contributed by atoms with van der Waals surface area (Å²) in [5.74, 6) is -0.00631. The number of nitrogens with one attached hydrogen (secondary N) is 1. The Balaban J connectivity index is 2.45. The van der Waals surface area contributed by atoms with E-state index in [0.717, 1.165) is 5.56 Å². The lowest BCUT2D eigenvalue weighted by Gasteiger charge is -2.19. The molecule has 0 saturated carbocycles. The van der Waals surface area contributed by atoms with Gasteiger partial charge in [-0.1, -0.05) is 30.3 Å². The summed E-state index contributed by atoms with van der Waals surface area (Å²) < 4.78 is 24.8. The fourth-order valence-electron chi connectivity index (χ4n) is 1.49. The summed E-state index contributed by atoms with van der Waals surface area (Å²) in [7, 11) is -3.29. The van der Waals surface area contributed by atoms with Gasteiger partial charge in [0.2, 0.25) is 10.0 Å². The molecule has 0 heterocycles. The van der Waals surface area contributed by atoms with Crippen LogP contribution in [0.4, 0.5) is 0 Å². The Hall–Kier alpha value is -0.950. The molecule has 1 rings (SSSR count). The summed E-state index contributed by atoms with van der Waals surface area (Å²) in [5.41, 5.74) is 6.85. The van der Waals surface area contributed by atoms with Crippen molar-refractivity contribution >= 4 is 10.0 Å². The number of rotatable bonds is 7. The van der Waals surface area contributed by atoms with Crippen molar-refractivity contribution in [2.45, 2.75) is 25.5 Å². The van der Waals surface area contributed by atoms with Crippen LogP contribution in [-0.4, -0.2) is 38.0 Å². The van der Waals surface area contributed by atoms with E-state index in [0.29, 0.717) is 6.42 Å². The van der Waals surface area contributed by atoms with Gasteiger partial charge in [-0.25, -0.2) is 13.1 Å². The molecule has 0 aromatic heterocycles. The minimum absolute atomic E-state index is 0.00631. The maximum atomic E-state index is 11.2. The first-order valence-corrected chi connectivity index (χ1v) is 7.54. The van der Waals surface area contributed by atoms with Gasteiger partial charge in [-0.2, -0.15) is 0 Å². The van der Waals surface area contributed by atoms with Crippen LogP contribution in [0.2, 0.25) is 0 Å². The quantitative estimate of drug-likeness (QED) is 0.644. The second-order valence-corrected chi connectivity index (χ2v) is 6.27. The Morgan fingerprint density at radius 1 is 1.33 bits per heavy atom. The normalized spacial score (nSPS) is 15.3. The molecular weight excluding hydrogens is 252 g/mol. The lowest BCUT2D eigenvalue weighted by molar-refractivity contribution is 0.148. The SMILES string of the molecule is CCS(=O)(=O)NCC(O)C(N)Cc1ccccc1. The number of nitrogens with two attached hydrogens (primary N) is 1. The van der Waals surface area contributed by atoms with Crippen molar-refractivity contribution in [2.75, 3.05) is 12.3 Å². The van der Waals surface area contributed by atoms with Crippen LogP contribution in [0.1, 0.15) is 12.5 Å². The first-order valence-electron chi connectivity index (χ1n) is 5.89. The van der Waals surface area contributed by atoms with Gasteiger partial charge in [-0.3, -0.25) is 0 Å². The van der Waals surface area contributed by atoms with Crippen LogP contribution in [0.15, 0.2) is 30.3 Å². The van der Waals surface area contributed by atoms with Crippen LogP contribution in [0.3, 0.4) is 0 Å². The number of benzene rings is 1. The van der Waals surface area contributed by atoms with Crippen LogP contribution >= 0.6 is 0 Å². The van der Waals surface area contributed by atoms with Crippen molar-refractivity contribution in [3.8, 4) is 0 Å². The summed E-state index contributed by atoms with van der Waals surface area (Å²) in [5, 5.41) is 9.79. The van der Waals surface area contributed by atoms with Crippen molar-refractivity contribution in [1.82, 2.24) is 4.72 Å². The van der Waals surface area contributed by atoms with Crippen molar-refractivity contribution in [2.24, 2.45) is 5.73 Å². The van der Waals surface area contributed by atoms with E-state index in [1.54, 1.807) is 6.92 Å². The van der Waals surface area contributed by atoms with Gasteiger partial charge in [0.15, 0.2) is 0 Å². The molecule has 6 heteroatoms. The number of hydrogen-bond acceptors (Lipinski definition) is 4. The van der Waals surface area contributed by atoms with E-state index in [9.17, 15) is 13.5 Å². The monoisotopic (exact) mass is 272 g/mol. The molecule has 0 fully saturated rings. The highest BCUT2D eigenvalue weighted by molar-refractivity contribution is 7.89. The fourth-order valence-corrected chi connectivity index (χ4v) is 2.12. The zero-order chi connectivity index (χ0) is 13.6. The van der Waals surface area contributed by atoms with Crippen molar-refractivity contribution in [1.29, 1.82) is 0 Å². The molecule has 0 radical (unpaired) electrons. The van der Waals surface area contributed by atoms with E-state index in [1.807, 2.05) is 30.3 Å². The molecule has 0 aliphatic rings. The molecule has 0 aliphatic heterocycles. The van der Waals surface area contributed by atoms with E-state index >= 15 is 0 Å². The number of aliphatic hydroxyl groups is 1. The Morgan fingerprint density at radius 3 is 2.50 bits per heavy atom. The molecule has 18 heavy (non-hydrogen) atoms. The lowest BCUT2D eigenvalue weighted by atomic mass is 10.0. The van der Waals surface area contributed by atoms with E-state index in [4.69, 9.17) is 5.73 Å². The standard InChI is InChI=1S/C12H20N2O3S/c1-2-18(16,17)14-9-12(15)11(13)8-10-6-4-3-5-7-10/h3-7,11-12,14-15H,2,8-9,13H2,1H3. The topological polar surface area (TPSA) is 92.4 Å². The third-order valence-corrected chi connectivity index (χ3v) is 4.07. The number of sulfonamides is 1. The third kappa shape index (κ3) is 5.14. The third-order valence-electron chi connectivity index (χ3n) is 2.70. The van der Waals surface area contributed by atoms with Gasteiger partial charge in [0.1, 0.15) is 0 Å². The molecule has 5 nitrogen and oxygen atoms in total. The summed E-state index contributed by atoms with van der Waals surface area (Å²) in [6, 6.07) is 9.04. The zero-order valence-electron chi connectivity index (χ0n) is 10.4. The summed E-state index contributed by atoms with van der Waals surface area (Å²) >= 11 is 0. The average molecular weight is 272 g/mol. The molecule has 1 aromatic rings. The molecule has 1 aromatic carbocycles. The average Bonchev–Trinajstić information content (AvgIpc) is 2.37. The predicted octanol–water partition coefficient (Wildman–Crippen LogP) is -0.143. The van der Waals surface area contributed by atoms with Crippen LogP contribution in [-0.2, 0) is 16.4 Å². The largest absolute Gasteiger partial charge is 0.390 e. The van der Waals surface area contributed by atoms with Gasteiger partial charge in [-0.15, -0.1) is 0 Å². The predicted molar refractivity (Wildman–Crippen MR) is 71.6 cm³/mol. The molecule has 2 unspecified atom stereocenters. The van der Waals surface area contributed by atoms with Gasteiger partial charge in [-0.05, 0) is 18.9 Å². The van der Waals surface area contributed by atoms with E-state index in [2.05, 4.69) is 4.72 Å². The Morgan fingerprint density at radius 2 is 1.94 bits per heavy atom. The van der Waals surface area contributed by atoms with E-state index in [1.165, 1.54) is 0 Å². The van der Waals surface area contributed by atoms with Crippen molar-refractivity contribution < 1.29 is 13.5 Å². The first kappa shape index (κ1) is 15.1. The van der Waals surface area contributed by atoms with Gasteiger partial charge >= 0.3 is 0 Å². The fraction of sp³-hybridized carbons (Fsp3) is 0.500. The van der Waals surface area contributed by atoms with Crippen LogP contribution < -0.4 is 10.5 Å². The first-order chi connectivity index (χ1) is 8.44. The maximum absolute atomic E-state index is 11.2. The van der Waals surface area contributed by atoms with Crippen LogP contribution in [0, 0.1) is 0 Å². The molecule has 2 atom stereocenters. The highest BCUT2D eigenvalue weighted by Gasteiger charge is 2.17. The summed E-state index contributed by atoms with van der Waals surface area (Å²) in [6.45, 7) is 1.49. The highest BCUT2D eigenvalue weighted by Crippen LogP contribution is 2.04. The van der Waals surface area contributed by atoms with Crippen molar-refractivity contribution in [3.05, 3.63) is 35.9 Å². The van der Waals surface area contributed by atoms with Crippen LogP contribution in [0.5, 0.6) is 0 Å². The molecule has 0 saturated heterocycles. The molecule has 0 bridgehead atoms. The van der Waals surface area contributed by atoms with Gasteiger partial charge in [0.05, 0.1) is 11.9 Å². The molecule has 102 valence electrons. The van der Waals surface area contributed by atoms with Gasteiger partial charge in [0, 0.05) is 12.6 Å². The smallest absolute Gasteiger partial charge is 0.211 e. The minimum atomic E-state index is -3.29. The molecular formula is C12H20N2O3S. The summed E-state index contributed by atoms with van der Waals surface area (Å²) in [6.07, 6.45) is -0.387. The number of hydrogen-bond donors (Lipinski definition) is 3. The Kier molecular flexibility index (Phi) is 5.74. The van der Waals surface area contributed by atoms with Gasteiger partial charge in [0.25, 0.3) is 0 Å².